The molecular formula is C27H21O. The molecule has 0 unspecified atom stereocenters. The Kier molecular flexibility index (Phi) is 5.35. The van der Waals surface area contributed by atoms with Crippen LogP contribution in [-0.4, -0.2) is 7.11 Å². The highest BCUT2D eigenvalue weighted by Crippen LogP contribution is 2.36. The van der Waals surface area contributed by atoms with Crippen molar-refractivity contribution in [3.63, 3.8) is 0 Å². The molecule has 1 radical (unpaired) electrons. The normalized spacial score (nSPS) is 10.9. The molecule has 28 heavy (non-hydrogen) atoms. The lowest BCUT2D eigenvalue weighted by Gasteiger charge is -2.14. The van der Waals surface area contributed by atoms with Gasteiger partial charge in [0.25, 0.3) is 0 Å². The van der Waals surface area contributed by atoms with Gasteiger partial charge in [-0.2, -0.15) is 0 Å². The van der Waals surface area contributed by atoms with E-state index in [9.17, 15) is 0 Å². The largest absolute Gasteiger partial charge is 0.497 e. The Balaban J connectivity index is 1.85. The first-order valence-corrected chi connectivity index (χ1v) is 9.33. The Morgan fingerprint density at radius 2 is 1.36 bits per heavy atom. The van der Waals surface area contributed by atoms with Gasteiger partial charge in [-0.25, -0.2) is 0 Å². The molecule has 0 spiro atoms. The van der Waals surface area contributed by atoms with Gasteiger partial charge in [0.05, 0.1) is 7.11 Å². The van der Waals surface area contributed by atoms with Crippen molar-refractivity contribution in [2.75, 3.05) is 7.11 Å². The molecule has 0 atom stereocenters. The van der Waals surface area contributed by atoms with Crippen LogP contribution in [0.25, 0.3) is 34.4 Å². The van der Waals surface area contributed by atoms with Crippen LogP contribution in [0.5, 0.6) is 5.75 Å². The van der Waals surface area contributed by atoms with Gasteiger partial charge in [-0.15, -0.1) is 0 Å². The van der Waals surface area contributed by atoms with Gasteiger partial charge in [-0.3, -0.25) is 0 Å². The van der Waals surface area contributed by atoms with Crippen LogP contribution in [0.15, 0.2) is 97.1 Å². The summed E-state index contributed by atoms with van der Waals surface area (Å²) in [6, 6.07) is 36.6. The van der Waals surface area contributed by atoms with Gasteiger partial charge in [0.2, 0.25) is 0 Å². The Bertz CT molecular complexity index is 1060. The van der Waals surface area contributed by atoms with Crippen molar-refractivity contribution in [3.8, 4) is 28.0 Å². The van der Waals surface area contributed by atoms with Crippen LogP contribution in [-0.2, 0) is 0 Å². The fraction of sp³-hybridized carbons (Fsp3) is 0.0370. The van der Waals surface area contributed by atoms with Gasteiger partial charge in [-0.05, 0) is 51.6 Å². The lowest BCUT2D eigenvalue weighted by Crippen LogP contribution is -1.90. The number of methoxy groups -OCH3 is 1. The average Bonchev–Trinajstić information content (AvgIpc) is 2.79. The van der Waals surface area contributed by atoms with Crippen molar-refractivity contribution in [2.45, 2.75) is 0 Å². The van der Waals surface area contributed by atoms with Crippen molar-refractivity contribution in [3.05, 3.63) is 114 Å². The summed E-state index contributed by atoms with van der Waals surface area (Å²) >= 11 is 0. The van der Waals surface area contributed by atoms with Crippen LogP contribution in [0.4, 0.5) is 0 Å². The second-order valence-electron chi connectivity index (χ2n) is 6.52. The Hall–Kier alpha value is -3.58. The molecule has 0 aliphatic heterocycles. The monoisotopic (exact) mass is 361 g/mol. The molecular weight excluding hydrogens is 340 g/mol. The fourth-order valence-corrected chi connectivity index (χ4v) is 3.30. The maximum Gasteiger partial charge on any atom is 0.118 e. The zero-order valence-electron chi connectivity index (χ0n) is 15.8. The van der Waals surface area contributed by atoms with Gasteiger partial charge < -0.3 is 4.74 Å². The van der Waals surface area contributed by atoms with Gasteiger partial charge in [0.1, 0.15) is 5.75 Å². The Morgan fingerprint density at radius 3 is 2.04 bits per heavy atom. The molecule has 4 rings (SSSR count). The summed E-state index contributed by atoms with van der Waals surface area (Å²) in [7, 11) is 1.69. The fourth-order valence-electron chi connectivity index (χ4n) is 3.30. The summed E-state index contributed by atoms with van der Waals surface area (Å²) in [6.07, 6.45) is 4.33. The molecule has 1 nitrogen and oxygen atoms in total. The summed E-state index contributed by atoms with van der Waals surface area (Å²) in [5.74, 6) is 0.852. The van der Waals surface area contributed by atoms with Crippen LogP contribution in [0.3, 0.4) is 0 Å². The minimum absolute atomic E-state index is 0.852. The third-order valence-corrected chi connectivity index (χ3v) is 4.73. The minimum atomic E-state index is 0.852. The molecule has 4 aromatic rings. The highest BCUT2D eigenvalue weighted by Gasteiger charge is 2.11. The average molecular weight is 361 g/mol. The minimum Gasteiger partial charge on any atom is -0.497 e. The first-order chi connectivity index (χ1) is 13.8. The first-order valence-electron chi connectivity index (χ1n) is 9.33. The summed E-state index contributed by atoms with van der Waals surface area (Å²) in [5.41, 5.74) is 6.91. The quantitative estimate of drug-likeness (QED) is 0.348. The molecule has 0 fully saturated rings. The highest BCUT2D eigenvalue weighted by atomic mass is 16.5. The topological polar surface area (TPSA) is 9.23 Å². The highest BCUT2D eigenvalue weighted by molar-refractivity contribution is 5.91. The second-order valence-corrected chi connectivity index (χ2v) is 6.52. The van der Waals surface area contributed by atoms with E-state index in [1.54, 1.807) is 7.11 Å². The summed E-state index contributed by atoms with van der Waals surface area (Å²) < 4.78 is 5.31. The van der Waals surface area contributed by atoms with E-state index in [2.05, 4.69) is 84.9 Å². The van der Waals surface area contributed by atoms with E-state index in [0.717, 1.165) is 16.9 Å². The van der Waals surface area contributed by atoms with E-state index in [1.165, 1.54) is 22.3 Å². The van der Waals surface area contributed by atoms with Gasteiger partial charge in [0.15, 0.2) is 0 Å². The predicted molar refractivity (Wildman–Crippen MR) is 118 cm³/mol. The summed E-state index contributed by atoms with van der Waals surface area (Å²) in [4.78, 5) is 0. The molecule has 0 saturated heterocycles. The lowest BCUT2D eigenvalue weighted by atomic mass is 9.90. The third-order valence-electron chi connectivity index (χ3n) is 4.73. The van der Waals surface area contributed by atoms with Crippen LogP contribution in [0.2, 0.25) is 0 Å². The predicted octanol–water partition coefficient (Wildman–Crippen LogP) is 7.00. The van der Waals surface area contributed by atoms with Gasteiger partial charge in [-0.1, -0.05) is 97.1 Å². The Labute approximate surface area is 166 Å². The number of rotatable bonds is 5. The zero-order valence-corrected chi connectivity index (χ0v) is 15.8. The zero-order chi connectivity index (χ0) is 19.2. The molecule has 0 aliphatic rings. The maximum atomic E-state index is 5.31. The van der Waals surface area contributed by atoms with Crippen molar-refractivity contribution in [2.24, 2.45) is 0 Å². The van der Waals surface area contributed by atoms with Gasteiger partial charge >= 0.3 is 0 Å². The SMILES string of the molecule is COc1ccc(-c2[c]ccc(C=Cc3ccccc3)c2-c2ccccc2)cc1. The smallest absolute Gasteiger partial charge is 0.118 e. The van der Waals surface area contributed by atoms with Crippen molar-refractivity contribution in [1.82, 2.24) is 0 Å². The van der Waals surface area contributed by atoms with Gasteiger partial charge in [0, 0.05) is 0 Å². The van der Waals surface area contributed by atoms with Crippen molar-refractivity contribution < 1.29 is 4.74 Å². The molecule has 0 amide bonds. The Morgan fingerprint density at radius 1 is 0.679 bits per heavy atom. The molecule has 1 heteroatoms. The number of hydrogen-bond acceptors (Lipinski definition) is 1. The van der Waals surface area contributed by atoms with E-state index >= 15 is 0 Å². The van der Waals surface area contributed by atoms with E-state index in [4.69, 9.17) is 4.74 Å². The number of hydrogen-bond donors (Lipinski definition) is 0. The first kappa shape index (κ1) is 17.8. The van der Waals surface area contributed by atoms with E-state index in [0.29, 0.717) is 0 Å². The van der Waals surface area contributed by atoms with Crippen molar-refractivity contribution in [1.29, 1.82) is 0 Å². The summed E-state index contributed by atoms with van der Waals surface area (Å²) in [6.45, 7) is 0. The molecule has 0 bridgehead atoms. The standard InChI is InChI=1S/C27H21O/c1-28-25-19-17-22(18-20-25)26-14-8-13-24(16-15-21-9-4-2-5-10-21)27(26)23-11-6-3-7-12-23/h2-13,15-20H,1H3. The molecule has 0 aromatic heterocycles. The van der Waals surface area contributed by atoms with Crippen LogP contribution < -0.4 is 4.74 Å². The summed E-state index contributed by atoms with van der Waals surface area (Å²) in [5, 5.41) is 0. The molecule has 0 aliphatic carbocycles. The van der Waals surface area contributed by atoms with E-state index < -0.39 is 0 Å². The molecule has 0 heterocycles. The maximum absolute atomic E-state index is 5.31. The lowest BCUT2D eigenvalue weighted by molar-refractivity contribution is 0.415. The third kappa shape index (κ3) is 3.89. The molecule has 0 N–H and O–H groups in total. The van der Waals surface area contributed by atoms with Crippen LogP contribution >= 0.6 is 0 Å². The molecule has 135 valence electrons. The van der Waals surface area contributed by atoms with E-state index in [1.807, 2.05) is 30.3 Å². The number of benzene rings is 4. The van der Waals surface area contributed by atoms with Crippen molar-refractivity contribution >= 4 is 12.2 Å². The van der Waals surface area contributed by atoms with E-state index in [-0.39, 0.29) is 0 Å². The van der Waals surface area contributed by atoms with Crippen LogP contribution in [0.1, 0.15) is 11.1 Å². The molecule has 4 aromatic carbocycles. The van der Waals surface area contributed by atoms with Crippen LogP contribution in [0, 0.1) is 6.07 Å². The number of ether oxygens (including phenoxy) is 1. The second kappa shape index (κ2) is 8.41. The molecule has 0 saturated carbocycles.